The summed E-state index contributed by atoms with van der Waals surface area (Å²) in [6.07, 6.45) is 0. The standard InChI is InChI=1S/C21H18FN5O2S2/c1-29-17-6-3-2-5-16(17)27-21(24-25-26-27)31-13-19(28)23-20(18-7-4-12-30-18)14-8-10-15(22)11-9-14/h2-12,20H,13H2,1H3,(H,23,28). The van der Waals surface area contributed by atoms with Gasteiger partial charge in [0.25, 0.3) is 0 Å². The molecule has 2 heterocycles. The minimum absolute atomic E-state index is 0.110. The topological polar surface area (TPSA) is 81.9 Å². The van der Waals surface area contributed by atoms with Crippen molar-refractivity contribution in [3.63, 3.8) is 0 Å². The number of nitrogens with one attached hydrogen (secondary N) is 1. The first kappa shape index (κ1) is 21.0. The number of rotatable bonds is 8. The monoisotopic (exact) mass is 455 g/mol. The highest BCUT2D eigenvalue weighted by Gasteiger charge is 2.20. The molecule has 0 radical (unpaired) electrons. The normalized spacial score (nSPS) is 11.8. The largest absolute Gasteiger partial charge is 0.494 e. The van der Waals surface area contributed by atoms with E-state index in [9.17, 15) is 9.18 Å². The molecule has 158 valence electrons. The van der Waals surface area contributed by atoms with E-state index in [-0.39, 0.29) is 23.5 Å². The Morgan fingerprint density at radius 2 is 2.00 bits per heavy atom. The van der Waals surface area contributed by atoms with Crippen molar-refractivity contribution >= 4 is 29.0 Å². The summed E-state index contributed by atoms with van der Waals surface area (Å²) < 4.78 is 20.3. The number of aromatic nitrogens is 4. The van der Waals surface area contributed by atoms with E-state index in [0.29, 0.717) is 16.6 Å². The summed E-state index contributed by atoms with van der Waals surface area (Å²) in [5.41, 5.74) is 1.49. The summed E-state index contributed by atoms with van der Waals surface area (Å²) in [5, 5.41) is 17.2. The van der Waals surface area contributed by atoms with E-state index < -0.39 is 0 Å². The quantitative estimate of drug-likeness (QED) is 0.406. The average Bonchev–Trinajstić information content (AvgIpc) is 3.49. The second-order valence-electron chi connectivity index (χ2n) is 6.40. The van der Waals surface area contributed by atoms with Gasteiger partial charge in [0.1, 0.15) is 17.3 Å². The van der Waals surface area contributed by atoms with Gasteiger partial charge in [-0.2, -0.15) is 4.68 Å². The molecule has 1 atom stereocenters. The molecule has 2 aromatic heterocycles. The fourth-order valence-electron chi connectivity index (χ4n) is 2.99. The van der Waals surface area contributed by atoms with Gasteiger partial charge in [0.2, 0.25) is 11.1 Å². The Kier molecular flexibility index (Phi) is 6.58. The van der Waals surface area contributed by atoms with Crippen LogP contribution in [-0.2, 0) is 4.79 Å². The first-order chi connectivity index (χ1) is 15.2. The lowest BCUT2D eigenvalue weighted by atomic mass is 10.1. The maximum atomic E-state index is 13.3. The summed E-state index contributed by atoms with van der Waals surface area (Å²) in [6.45, 7) is 0. The van der Waals surface area contributed by atoms with Crippen LogP contribution in [0.4, 0.5) is 4.39 Å². The third kappa shape index (κ3) is 4.92. The number of thioether (sulfide) groups is 1. The van der Waals surface area contributed by atoms with Crippen molar-refractivity contribution in [3.8, 4) is 11.4 Å². The Morgan fingerprint density at radius 1 is 1.19 bits per heavy atom. The van der Waals surface area contributed by atoms with E-state index in [1.54, 1.807) is 19.2 Å². The second kappa shape index (κ2) is 9.71. The number of carbonyl (C=O) groups excluding carboxylic acids is 1. The molecule has 0 fully saturated rings. The Hall–Kier alpha value is -3.24. The molecule has 0 aliphatic heterocycles. The molecule has 0 saturated carbocycles. The van der Waals surface area contributed by atoms with Crippen molar-refractivity contribution in [1.82, 2.24) is 25.5 Å². The van der Waals surface area contributed by atoms with Crippen LogP contribution in [0.3, 0.4) is 0 Å². The van der Waals surface area contributed by atoms with Crippen LogP contribution in [0.25, 0.3) is 5.69 Å². The third-order valence-electron chi connectivity index (χ3n) is 4.42. The van der Waals surface area contributed by atoms with Gasteiger partial charge >= 0.3 is 0 Å². The van der Waals surface area contributed by atoms with Crippen LogP contribution in [0, 0.1) is 5.82 Å². The van der Waals surface area contributed by atoms with E-state index >= 15 is 0 Å². The molecule has 0 aliphatic rings. The number of thiophene rings is 1. The Labute approximate surface area is 186 Å². The molecular formula is C21H18FN5O2S2. The van der Waals surface area contributed by atoms with Crippen LogP contribution in [0.5, 0.6) is 5.75 Å². The molecule has 0 spiro atoms. The highest BCUT2D eigenvalue weighted by Crippen LogP contribution is 2.28. The number of benzene rings is 2. The molecule has 0 bridgehead atoms. The van der Waals surface area contributed by atoms with Gasteiger partial charge in [-0.15, -0.1) is 16.4 Å². The fraction of sp³-hybridized carbons (Fsp3) is 0.143. The lowest BCUT2D eigenvalue weighted by Gasteiger charge is -2.18. The fourth-order valence-corrected chi connectivity index (χ4v) is 4.48. The molecule has 4 rings (SSSR count). The highest BCUT2D eigenvalue weighted by atomic mass is 32.2. The third-order valence-corrected chi connectivity index (χ3v) is 6.28. The number of amides is 1. The van der Waals surface area contributed by atoms with Gasteiger partial charge in [-0.1, -0.05) is 42.1 Å². The molecular weight excluding hydrogens is 437 g/mol. The highest BCUT2D eigenvalue weighted by molar-refractivity contribution is 7.99. The van der Waals surface area contributed by atoms with Crippen LogP contribution in [0.15, 0.2) is 71.2 Å². The maximum absolute atomic E-state index is 13.3. The van der Waals surface area contributed by atoms with Gasteiger partial charge in [0.15, 0.2) is 0 Å². The van der Waals surface area contributed by atoms with Crippen LogP contribution in [-0.4, -0.2) is 39.0 Å². The van der Waals surface area contributed by atoms with Crippen molar-refractivity contribution in [2.45, 2.75) is 11.2 Å². The maximum Gasteiger partial charge on any atom is 0.231 e. The van der Waals surface area contributed by atoms with Crippen molar-refractivity contribution < 1.29 is 13.9 Å². The van der Waals surface area contributed by atoms with E-state index in [4.69, 9.17) is 4.74 Å². The van der Waals surface area contributed by atoms with Gasteiger partial charge in [-0.25, -0.2) is 4.39 Å². The minimum Gasteiger partial charge on any atom is -0.494 e. The number of nitrogens with zero attached hydrogens (tertiary/aromatic N) is 4. The molecule has 7 nitrogen and oxygen atoms in total. The van der Waals surface area contributed by atoms with Crippen LogP contribution in [0.1, 0.15) is 16.5 Å². The number of para-hydroxylation sites is 2. The molecule has 0 saturated heterocycles. The van der Waals surface area contributed by atoms with Gasteiger partial charge < -0.3 is 10.1 Å². The molecule has 0 aliphatic carbocycles. The van der Waals surface area contributed by atoms with E-state index in [2.05, 4.69) is 20.8 Å². The minimum atomic E-state index is -0.362. The number of halogens is 1. The van der Waals surface area contributed by atoms with Gasteiger partial charge in [0, 0.05) is 4.88 Å². The molecule has 2 aromatic carbocycles. The van der Waals surface area contributed by atoms with Crippen molar-refractivity contribution in [2.24, 2.45) is 0 Å². The summed E-state index contributed by atoms with van der Waals surface area (Å²) in [5.74, 6) is 0.217. The second-order valence-corrected chi connectivity index (χ2v) is 8.32. The van der Waals surface area contributed by atoms with Crippen molar-refractivity contribution in [2.75, 3.05) is 12.9 Å². The van der Waals surface area contributed by atoms with Crippen molar-refractivity contribution in [1.29, 1.82) is 0 Å². The van der Waals surface area contributed by atoms with Crippen LogP contribution >= 0.6 is 23.1 Å². The molecule has 1 unspecified atom stereocenters. The number of carbonyl (C=O) groups is 1. The predicted octanol–water partition coefficient (Wildman–Crippen LogP) is 3.87. The summed E-state index contributed by atoms with van der Waals surface area (Å²) in [7, 11) is 1.57. The number of tetrazole rings is 1. The smallest absolute Gasteiger partial charge is 0.231 e. The number of hydrogen-bond acceptors (Lipinski definition) is 7. The summed E-state index contributed by atoms with van der Waals surface area (Å²) >= 11 is 2.74. The van der Waals surface area contributed by atoms with Gasteiger partial charge in [-0.05, 0) is 51.7 Å². The van der Waals surface area contributed by atoms with E-state index in [0.717, 1.165) is 10.4 Å². The predicted molar refractivity (Wildman–Crippen MR) is 117 cm³/mol. The molecule has 1 N–H and O–H groups in total. The first-order valence-corrected chi connectivity index (χ1v) is 11.1. The zero-order valence-corrected chi connectivity index (χ0v) is 18.1. The summed E-state index contributed by atoms with van der Waals surface area (Å²) in [6, 6.07) is 17.0. The number of methoxy groups -OCH3 is 1. The van der Waals surface area contributed by atoms with Gasteiger partial charge in [-0.3, -0.25) is 4.79 Å². The molecule has 1 amide bonds. The molecule has 31 heavy (non-hydrogen) atoms. The zero-order chi connectivity index (χ0) is 21.6. The first-order valence-electron chi connectivity index (χ1n) is 9.28. The Balaban J connectivity index is 1.48. The SMILES string of the molecule is COc1ccccc1-n1nnnc1SCC(=O)NC(c1ccc(F)cc1)c1cccs1. The van der Waals surface area contributed by atoms with E-state index in [1.807, 2.05) is 41.8 Å². The zero-order valence-electron chi connectivity index (χ0n) is 16.4. The lowest BCUT2D eigenvalue weighted by molar-refractivity contribution is -0.119. The van der Waals surface area contributed by atoms with E-state index in [1.165, 1.54) is 39.9 Å². The molecule has 4 aromatic rings. The number of hydrogen-bond donors (Lipinski definition) is 1. The average molecular weight is 456 g/mol. The van der Waals surface area contributed by atoms with Gasteiger partial charge in [0.05, 0.1) is 18.9 Å². The Morgan fingerprint density at radius 3 is 2.74 bits per heavy atom. The summed E-state index contributed by atoms with van der Waals surface area (Å²) in [4.78, 5) is 13.7. The molecule has 10 heteroatoms. The van der Waals surface area contributed by atoms with Crippen LogP contribution < -0.4 is 10.1 Å². The van der Waals surface area contributed by atoms with Crippen molar-refractivity contribution in [3.05, 3.63) is 82.3 Å². The Bertz CT molecular complexity index is 1150. The van der Waals surface area contributed by atoms with Crippen LogP contribution in [0.2, 0.25) is 0 Å². The number of ether oxygens (including phenoxy) is 1. The lowest BCUT2D eigenvalue weighted by Crippen LogP contribution is -2.30.